The van der Waals surface area contributed by atoms with Crippen LogP contribution in [0.1, 0.15) is 39.0 Å². The third-order valence-corrected chi connectivity index (χ3v) is 2.11. The molecule has 0 radical (unpaired) electrons. The molecule has 0 aromatic rings. The standard InChI is InChI=1S/C13H23NO/c1-3-5-6-7-8-9-13(15)10-12-14-11-4-2/h4,8-9,14H,2-3,5-7,10-12H2,1H3/b9-8+. The molecule has 2 heteroatoms. The number of carbonyl (C=O) groups excluding carboxylic acids is 1. The number of rotatable bonds is 10. The second-order valence-corrected chi connectivity index (χ2v) is 3.61. The maximum Gasteiger partial charge on any atom is 0.156 e. The monoisotopic (exact) mass is 209 g/mol. The van der Waals surface area contributed by atoms with Crippen LogP contribution >= 0.6 is 0 Å². The molecule has 0 saturated carbocycles. The van der Waals surface area contributed by atoms with Crippen LogP contribution < -0.4 is 5.32 Å². The molecule has 0 aromatic heterocycles. The minimum Gasteiger partial charge on any atom is -0.313 e. The molecule has 1 N–H and O–H groups in total. The van der Waals surface area contributed by atoms with E-state index in [1.165, 1.54) is 19.3 Å². The molecule has 0 spiro atoms. The second kappa shape index (κ2) is 11.2. The minimum absolute atomic E-state index is 0.211. The molecule has 86 valence electrons. The Bertz CT molecular complexity index is 197. The van der Waals surface area contributed by atoms with Crippen molar-refractivity contribution in [3.8, 4) is 0 Å². The van der Waals surface area contributed by atoms with Crippen LogP contribution in [0.25, 0.3) is 0 Å². The third kappa shape index (κ3) is 11.0. The van der Waals surface area contributed by atoms with Gasteiger partial charge in [0.25, 0.3) is 0 Å². The minimum atomic E-state index is 0.211. The average Bonchev–Trinajstić information content (AvgIpc) is 2.24. The fraction of sp³-hybridized carbons (Fsp3) is 0.615. The molecule has 0 rings (SSSR count). The lowest BCUT2D eigenvalue weighted by molar-refractivity contribution is -0.114. The van der Waals surface area contributed by atoms with Gasteiger partial charge in [-0.3, -0.25) is 4.79 Å². The van der Waals surface area contributed by atoms with Gasteiger partial charge in [-0.1, -0.05) is 31.9 Å². The van der Waals surface area contributed by atoms with E-state index in [1.54, 1.807) is 12.2 Å². The molecule has 0 aliphatic heterocycles. The largest absolute Gasteiger partial charge is 0.313 e. The Morgan fingerprint density at radius 2 is 2.20 bits per heavy atom. The predicted molar refractivity (Wildman–Crippen MR) is 66.0 cm³/mol. The van der Waals surface area contributed by atoms with Crippen molar-refractivity contribution in [2.75, 3.05) is 13.1 Å². The van der Waals surface area contributed by atoms with Crippen molar-refractivity contribution in [2.45, 2.75) is 39.0 Å². The van der Waals surface area contributed by atoms with E-state index in [-0.39, 0.29) is 5.78 Å². The Balaban J connectivity index is 3.34. The van der Waals surface area contributed by atoms with Gasteiger partial charge in [0, 0.05) is 19.5 Å². The lowest BCUT2D eigenvalue weighted by Gasteiger charge is -1.97. The van der Waals surface area contributed by atoms with E-state index in [9.17, 15) is 4.79 Å². The molecule has 0 saturated heterocycles. The number of ketones is 1. The van der Waals surface area contributed by atoms with Gasteiger partial charge in [-0.2, -0.15) is 0 Å². The van der Waals surface area contributed by atoms with Gasteiger partial charge >= 0.3 is 0 Å². The predicted octanol–water partition coefficient (Wildman–Crippen LogP) is 2.86. The molecule has 0 fully saturated rings. The summed E-state index contributed by atoms with van der Waals surface area (Å²) in [6.45, 7) is 7.29. The Labute approximate surface area is 93.5 Å². The normalized spacial score (nSPS) is 10.7. The van der Waals surface area contributed by atoms with Gasteiger partial charge < -0.3 is 5.32 Å². The van der Waals surface area contributed by atoms with Gasteiger partial charge in [0.05, 0.1) is 0 Å². The SMILES string of the molecule is C=CCNCCC(=O)/C=C/CCCCC. The lowest BCUT2D eigenvalue weighted by atomic mass is 10.2. The first kappa shape index (κ1) is 14.1. The first-order valence-corrected chi connectivity index (χ1v) is 5.82. The van der Waals surface area contributed by atoms with Crippen molar-refractivity contribution < 1.29 is 4.79 Å². The fourth-order valence-corrected chi connectivity index (χ4v) is 1.23. The summed E-state index contributed by atoms with van der Waals surface area (Å²) in [6, 6.07) is 0. The van der Waals surface area contributed by atoms with Gasteiger partial charge in [-0.15, -0.1) is 6.58 Å². The quantitative estimate of drug-likeness (QED) is 0.340. The number of hydrogen-bond acceptors (Lipinski definition) is 2. The molecule has 0 bridgehead atoms. The van der Waals surface area contributed by atoms with Gasteiger partial charge in [0.2, 0.25) is 0 Å². The van der Waals surface area contributed by atoms with Crippen LogP contribution in [0.3, 0.4) is 0 Å². The van der Waals surface area contributed by atoms with Gasteiger partial charge in [0.1, 0.15) is 0 Å². The lowest BCUT2D eigenvalue weighted by Crippen LogP contribution is -2.17. The molecule has 2 nitrogen and oxygen atoms in total. The molecule has 0 aliphatic rings. The van der Waals surface area contributed by atoms with Crippen LogP contribution in [0.2, 0.25) is 0 Å². The third-order valence-electron chi connectivity index (χ3n) is 2.11. The molecule has 0 aromatic carbocycles. The average molecular weight is 209 g/mol. The molecule has 0 amide bonds. The van der Waals surface area contributed by atoms with E-state index in [2.05, 4.69) is 18.8 Å². The van der Waals surface area contributed by atoms with Crippen LogP contribution in [-0.2, 0) is 4.79 Å². The highest BCUT2D eigenvalue weighted by molar-refractivity contribution is 5.89. The molecule has 0 unspecified atom stereocenters. The van der Waals surface area contributed by atoms with Gasteiger partial charge in [0.15, 0.2) is 5.78 Å². The van der Waals surface area contributed by atoms with Crippen molar-refractivity contribution in [1.29, 1.82) is 0 Å². The highest BCUT2D eigenvalue weighted by Gasteiger charge is 1.94. The van der Waals surface area contributed by atoms with Crippen molar-refractivity contribution in [3.05, 3.63) is 24.8 Å². The van der Waals surface area contributed by atoms with Crippen LogP contribution in [0.15, 0.2) is 24.8 Å². The van der Waals surface area contributed by atoms with Gasteiger partial charge in [-0.05, 0) is 18.9 Å². The smallest absolute Gasteiger partial charge is 0.156 e. The van der Waals surface area contributed by atoms with E-state index in [1.807, 2.05) is 6.08 Å². The van der Waals surface area contributed by atoms with Crippen LogP contribution in [-0.4, -0.2) is 18.9 Å². The summed E-state index contributed by atoms with van der Waals surface area (Å²) in [5.74, 6) is 0.211. The van der Waals surface area contributed by atoms with Gasteiger partial charge in [-0.25, -0.2) is 0 Å². The topological polar surface area (TPSA) is 29.1 Å². The highest BCUT2D eigenvalue weighted by atomic mass is 16.1. The number of nitrogens with one attached hydrogen (secondary N) is 1. The summed E-state index contributed by atoms with van der Waals surface area (Å²) < 4.78 is 0. The van der Waals surface area contributed by atoms with E-state index >= 15 is 0 Å². The van der Waals surface area contributed by atoms with Crippen LogP contribution in [0, 0.1) is 0 Å². The number of unbranched alkanes of at least 4 members (excludes halogenated alkanes) is 3. The van der Waals surface area contributed by atoms with E-state index in [0.717, 1.165) is 19.5 Å². The first-order chi connectivity index (χ1) is 7.31. The maximum absolute atomic E-state index is 11.3. The summed E-state index contributed by atoms with van der Waals surface area (Å²) in [6.07, 6.45) is 10.8. The second-order valence-electron chi connectivity index (χ2n) is 3.61. The number of allylic oxidation sites excluding steroid dienone is 2. The van der Waals surface area contributed by atoms with E-state index < -0.39 is 0 Å². The summed E-state index contributed by atoms with van der Waals surface area (Å²) in [7, 11) is 0. The summed E-state index contributed by atoms with van der Waals surface area (Å²) in [5.41, 5.74) is 0. The molecule has 0 aliphatic carbocycles. The molecule has 0 atom stereocenters. The van der Waals surface area contributed by atoms with E-state index in [4.69, 9.17) is 0 Å². The fourth-order valence-electron chi connectivity index (χ4n) is 1.23. The van der Waals surface area contributed by atoms with Crippen molar-refractivity contribution >= 4 is 5.78 Å². The Hall–Kier alpha value is -0.890. The first-order valence-electron chi connectivity index (χ1n) is 5.82. The highest BCUT2D eigenvalue weighted by Crippen LogP contribution is 1.99. The summed E-state index contributed by atoms with van der Waals surface area (Å²) >= 11 is 0. The molecular weight excluding hydrogens is 186 g/mol. The molecule has 0 heterocycles. The number of carbonyl (C=O) groups is 1. The summed E-state index contributed by atoms with van der Waals surface area (Å²) in [5, 5.41) is 3.10. The van der Waals surface area contributed by atoms with Crippen molar-refractivity contribution in [2.24, 2.45) is 0 Å². The van der Waals surface area contributed by atoms with E-state index in [0.29, 0.717) is 6.42 Å². The van der Waals surface area contributed by atoms with Crippen molar-refractivity contribution in [3.63, 3.8) is 0 Å². The number of hydrogen-bond donors (Lipinski definition) is 1. The zero-order valence-corrected chi connectivity index (χ0v) is 9.80. The molecular formula is C13H23NO. The zero-order chi connectivity index (χ0) is 11.4. The maximum atomic E-state index is 11.3. The molecule has 15 heavy (non-hydrogen) atoms. The Morgan fingerprint density at radius 1 is 1.40 bits per heavy atom. The van der Waals surface area contributed by atoms with Crippen molar-refractivity contribution in [1.82, 2.24) is 5.32 Å². The zero-order valence-electron chi connectivity index (χ0n) is 9.80. The Kier molecular flexibility index (Phi) is 10.5. The van der Waals surface area contributed by atoms with Crippen LogP contribution in [0.4, 0.5) is 0 Å². The Morgan fingerprint density at radius 3 is 2.87 bits per heavy atom. The van der Waals surface area contributed by atoms with Crippen LogP contribution in [0.5, 0.6) is 0 Å². The summed E-state index contributed by atoms with van der Waals surface area (Å²) in [4.78, 5) is 11.3.